The maximum absolute atomic E-state index is 12.1. The first-order valence-corrected chi connectivity index (χ1v) is 8.72. The highest BCUT2D eigenvalue weighted by Crippen LogP contribution is 2.20. The van der Waals surface area contributed by atoms with Gasteiger partial charge >= 0.3 is 0 Å². The summed E-state index contributed by atoms with van der Waals surface area (Å²) in [7, 11) is 0. The summed E-state index contributed by atoms with van der Waals surface area (Å²) in [6.07, 6.45) is 0. The monoisotopic (exact) mass is 334 g/mol. The fraction of sp³-hybridized carbons (Fsp3) is 0.412. The number of ether oxygens (including phenoxy) is 1. The standard InChI is InChI=1S/C17H22N2O3S/c1-4-21-9-14-7-5-6-8-16(14)18-17(20)11-23-10-15-12(2)19-22-13(15)3/h5-8H,4,9-11H2,1-3H3,(H,18,20). The van der Waals surface area contributed by atoms with Crippen LogP contribution in [-0.2, 0) is 21.9 Å². The van der Waals surface area contributed by atoms with E-state index in [2.05, 4.69) is 10.5 Å². The molecular weight excluding hydrogens is 312 g/mol. The molecule has 0 spiro atoms. The van der Waals surface area contributed by atoms with Gasteiger partial charge in [0.1, 0.15) is 5.76 Å². The number of benzene rings is 1. The van der Waals surface area contributed by atoms with E-state index in [1.165, 1.54) is 0 Å². The molecule has 1 aromatic carbocycles. The Morgan fingerprint density at radius 2 is 2.13 bits per heavy atom. The van der Waals surface area contributed by atoms with Gasteiger partial charge in [0, 0.05) is 29.2 Å². The predicted octanol–water partition coefficient (Wildman–Crippen LogP) is 3.70. The van der Waals surface area contributed by atoms with Crippen molar-refractivity contribution in [3.8, 4) is 0 Å². The van der Waals surface area contributed by atoms with Gasteiger partial charge < -0.3 is 14.6 Å². The van der Waals surface area contributed by atoms with Gasteiger partial charge in [-0.3, -0.25) is 4.79 Å². The highest BCUT2D eigenvalue weighted by Gasteiger charge is 2.11. The molecule has 0 aliphatic rings. The molecule has 1 heterocycles. The van der Waals surface area contributed by atoms with Crippen LogP contribution in [0, 0.1) is 13.8 Å². The molecule has 0 bridgehead atoms. The number of amides is 1. The van der Waals surface area contributed by atoms with Crippen molar-refractivity contribution in [1.82, 2.24) is 5.16 Å². The summed E-state index contributed by atoms with van der Waals surface area (Å²) in [5.41, 5.74) is 3.75. The summed E-state index contributed by atoms with van der Waals surface area (Å²) in [5, 5.41) is 6.87. The maximum atomic E-state index is 12.1. The van der Waals surface area contributed by atoms with Crippen LogP contribution >= 0.6 is 11.8 Å². The Morgan fingerprint density at radius 3 is 2.83 bits per heavy atom. The Bertz CT molecular complexity index is 636. The van der Waals surface area contributed by atoms with Crippen molar-refractivity contribution in [2.45, 2.75) is 33.1 Å². The highest BCUT2D eigenvalue weighted by atomic mass is 32.2. The Labute approximate surface area is 140 Å². The van der Waals surface area contributed by atoms with E-state index in [4.69, 9.17) is 9.26 Å². The van der Waals surface area contributed by atoms with Gasteiger partial charge in [-0.1, -0.05) is 23.4 Å². The van der Waals surface area contributed by atoms with Crippen LogP contribution in [0.2, 0.25) is 0 Å². The number of aryl methyl sites for hydroxylation is 2. The zero-order chi connectivity index (χ0) is 16.7. The molecule has 2 aromatic rings. The van der Waals surface area contributed by atoms with Crippen molar-refractivity contribution < 1.29 is 14.1 Å². The van der Waals surface area contributed by atoms with Gasteiger partial charge in [0.05, 0.1) is 18.1 Å². The third kappa shape index (κ3) is 5.11. The van der Waals surface area contributed by atoms with Crippen LogP contribution in [0.25, 0.3) is 0 Å². The first-order valence-electron chi connectivity index (χ1n) is 7.56. The van der Waals surface area contributed by atoms with Crippen molar-refractivity contribution in [2.75, 3.05) is 17.7 Å². The van der Waals surface area contributed by atoms with Gasteiger partial charge in [-0.2, -0.15) is 0 Å². The fourth-order valence-electron chi connectivity index (χ4n) is 2.12. The first-order chi connectivity index (χ1) is 11.1. The molecule has 0 fully saturated rings. The lowest BCUT2D eigenvalue weighted by atomic mass is 10.2. The van der Waals surface area contributed by atoms with Crippen LogP contribution in [-0.4, -0.2) is 23.4 Å². The average Bonchev–Trinajstić information content (AvgIpc) is 2.86. The predicted molar refractivity (Wildman–Crippen MR) is 92.5 cm³/mol. The van der Waals surface area contributed by atoms with Crippen LogP contribution in [0.1, 0.15) is 29.5 Å². The molecule has 0 radical (unpaired) electrons. The van der Waals surface area contributed by atoms with Crippen LogP contribution in [0.4, 0.5) is 5.69 Å². The number of carbonyl (C=O) groups excluding carboxylic acids is 1. The van der Waals surface area contributed by atoms with Gasteiger partial charge in [0.15, 0.2) is 0 Å². The van der Waals surface area contributed by atoms with E-state index in [9.17, 15) is 4.79 Å². The molecule has 6 heteroatoms. The van der Waals surface area contributed by atoms with E-state index in [1.54, 1.807) is 11.8 Å². The first kappa shape index (κ1) is 17.6. The molecule has 0 saturated carbocycles. The second-order valence-electron chi connectivity index (χ2n) is 5.14. The van der Waals surface area contributed by atoms with E-state index in [-0.39, 0.29) is 5.91 Å². The third-order valence-corrected chi connectivity index (χ3v) is 4.37. The molecule has 0 aliphatic heterocycles. The van der Waals surface area contributed by atoms with Gasteiger partial charge in [-0.05, 0) is 26.8 Å². The smallest absolute Gasteiger partial charge is 0.234 e. The quantitative estimate of drug-likeness (QED) is 0.797. The van der Waals surface area contributed by atoms with E-state index >= 15 is 0 Å². The highest BCUT2D eigenvalue weighted by molar-refractivity contribution is 7.99. The lowest BCUT2D eigenvalue weighted by Crippen LogP contribution is -2.15. The van der Waals surface area contributed by atoms with Crippen molar-refractivity contribution in [3.63, 3.8) is 0 Å². The fourth-order valence-corrected chi connectivity index (χ4v) is 3.10. The number of aromatic nitrogens is 1. The number of hydrogen-bond donors (Lipinski definition) is 1. The molecule has 0 unspecified atom stereocenters. The lowest BCUT2D eigenvalue weighted by molar-refractivity contribution is -0.113. The topological polar surface area (TPSA) is 64.4 Å². The van der Waals surface area contributed by atoms with Crippen LogP contribution in [0.15, 0.2) is 28.8 Å². The van der Waals surface area contributed by atoms with Gasteiger partial charge in [0.2, 0.25) is 5.91 Å². The second-order valence-corrected chi connectivity index (χ2v) is 6.12. The molecule has 124 valence electrons. The Kier molecular flexibility index (Phi) is 6.67. The number of nitrogens with zero attached hydrogens (tertiary/aromatic N) is 1. The summed E-state index contributed by atoms with van der Waals surface area (Å²) in [5.74, 6) is 1.89. The minimum Gasteiger partial charge on any atom is -0.377 e. The third-order valence-electron chi connectivity index (χ3n) is 3.41. The number of anilines is 1. The van der Waals surface area contributed by atoms with E-state index in [1.807, 2.05) is 45.0 Å². The van der Waals surface area contributed by atoms with Crippen molar-refractivity contribution in [2.24, 2.45) is 0 Å². The van der Waals surface area contributed by atoms with Gasteiger partial charge in [0.25, 0.3) is 0 Å². The second kappa shape index (κ2) is 8.74. The molecule has 0 aliphatic carbocycles. The summed E-state index contributed by atoms with van der Waals surface area (Å²) in [6.45, 7) is 6.90. The van der Waals surface area contributed by atoms with E-state index < -0.39 is 0 Å². The van der Waals surface area contributed by atoms with Gasteiger partial charge in [-0.15, -0.1) is 11.8 Å². The summed E-state index contributed by atoms with van der Waals surface area (Å²) < 4.78 is 10.5. The van der Waals surface area contributed by atoms with E-state index in [0.717, 1.165) is 34.0 Å². The van der Waals surface area contributed by atoms with Crippen molar-refractivity contribution >= 4 is 23.4 Å². The zero-order valence-electron chi connectivity index (χ0n) is 13.7. The van der Waals surface area contributed by atoms with Crippen LogP contribution in [0.5, 0.6) is 0 Å². The molecule has 1 amide bonds. The van der Waals surface area contributed by atoms with Crippen LogP contribution in [0.3, 0.4) is 0 Å². The minimum absolute atomic E-state index is 0.0225. The van der Waals surface area contributed by atoms with Crippen LogP contribution < -0.4 is 5.32 Å². The normalized spacial score (nSPS) is 10.7. The maximum Gasteiger partial charge on any atom is 0.234 e. The number of carbonyl (C=O) groups is 1. The van der Waals surface area contributed by atoms with Gasteiger partial charge in [-0.25, -0.2) is 0 Å². The van der Waals surface area contributed by atoms with Crippen molar-refractivity contribution in [1.29, 1.82) is 0 Å². The number of para-hydroxylation sites is 1. The molecular formula is C17H22N2O3S. The Morgan fingerprint density at radius 1 is 1.35 bits per heavy atom. The molecule has 23 heavy (non-hydrogen) atoms. The molecule has 1 aromatic heterocycles. The summed E-state index contributed by atoms with van der Waals surface area (Å²) in [6, 6.07) is 7.70. The molecule has 0 atom stereocenters. The van der Waals surface area contributed by atoms with Crippen molar-refractivity contribution in [3.05, 3.63) is 46.8 Å². The summed E-state index contributed by atoms with van der Waals surface area (Å²) in [4.78, 5) is 12.1. The molecule has 0 saturated heterocycles. The summed E-state index contributed by atoms with van der Waals surface area (Å²) >= 11 is 1.55. The molecule has 5 nitrogen and oxygen atoms in total. The SMILES string of the molecule is CCOCc1ccccc1NC(=O)CSCc1c(C)noc1C. The number of thioether (sulfide) groups is 1. The lowest BCUT2D eigenvalue weighted by Gasteiger charge is -2.11. The molecule has 2 rings (SSSR count). The molecule has 1 N–H and O–H groups in total. The van der Waals surface area contributed by atoms with E-state index in [0.29, 0.717) is 19.0 Å². The largest absolute Gasteiger partial charge is 0.377 e. The average molecular weight is 334 g/mol. The Balaban J connectivity index is 1.85. The number of nitrogens with one attached hydrogen (secondary N) is 1. The number of hydrogen-bond acceptors (Lipinski definition) is 5. The Hall–Kier alpha value is -1.79. The zero-order valence-corrected chi connectivity index (χ0v) is 14.5. The minimum atomic E-state index is -0.0225. The number of rotatable bonds is 8.